The average Bonchev–Trinajstić information content (AvgIpc) is 3.08. The summed E-state index contributed by atoms with van der Waals surface area (Å²) in [5, 5.41) is 4.04. The fraction of sp³-hybridized carbons (Fsp3) is 0.136. The van der Waals surface area contributed by atoms with Crippen molar-refractivity contribution in [2.24, 2.45) is 0 Å². The van der Waals surface area contributed by atoms with Gasteiger partial charge in [0.2, 0.25) is 0 Å². The van der Waals surface area contributed by atoms with Gasteiger partial charge in [-0.3, -0.25) is 4.98 Å². The van der Waals surface area contributed by atoms with Crippen molar-refractivity contribution in [2.45, 2.75) is 17.9 Å². The normalized spacial score (nSPS) is 11.8. The number of aromatic nitrogens is 2. The molecule has 0 bridgehead atoms. The molecule has 28 heavy (non-hydrogen) atoms. The zero-order valence-electron chi connectivity index (χ0n) is 15.5. The van der Waals surface area contributed by atoms with Gasteiger partial charge in [-0.25, -0.2) is 12.4 Å². The summed E-state index contributed by atoms with van der Waals surface area (Å²) in [5.74, 6) is 0. The Morgan fingerprint density at radius 2 is 1.82 bits per heavy atom. The highest BCUT2D eigenvalue weighted by Crippen LogP contribution is 2.27. The van der Waals surface area contributed by atoms with E-state index in [-0.39, 0.29) is 4.90 Å². The average molecular weight is 391 g/mol. The number of nitrogens with zero attached hydrogens (tertiary/aromatic N) is 2. The van der Waals surface area contributed by atoms with Gasteiger partial charge >= 0.3 is 0 Å². The van der Waals surface area contributed by atoms with Crippen LogP contribution in [0.15, 0.2) is 84.1 Å². The van der Waals surface area contributed by atoms with Gasteiger partial charge in [0, 0.05) is 30.5 Å². The van der Waals surface area contributed by atoms with Crippen LogP contribution >= 0.6 is 0 Å². The largest absolute Gasteiger partial charge is 0.316 e. The molecular weight excluding hydrogens is 370 g/mol. The van der Waals surface area contributed by atoms with Gasteiger partial charge in [-0.1, -0.05) is 42.5 Å². The van der Waals surface area contributed by atoms with Crippen LogP contribution in [-0.2, 0) is 23.0 Å². The van der Waals surface area contributed by atoms with Gasteiger partial charge in [0.15, 0.2) is 0 Å². The highest BCUT2D eigenvalue weighted by molar-refractivity contribution is 7.90. The lowest BCUT2D eigenvalue weighted by molar-refractivity contribution is 0.588. The van der Waals surface area contributed by atoms with Crippen molar-refractivity contribution >= 4 is 20.9 Å². The standard InChI is InChI=1S/C22H21N3O2S/c1-23-14-19-16-25(28(26,27)20-8-5-11-24-15-20)22-13-18(9-10-21(19)22)12-17-6-3-2-4-7-17/h2-11,13,15-16,23H,12,14H2,1H3. The second kappa shape index (κ2) is 7.58. The quantitative estimate of drug-likeness (QED) is 0.546. The summed E-state index contributed by atoms with van der Waals surface area (Å²) in [4.78, 5) is 4.15. The van der Waals surface area contributed by atoms with E-state index < -0.39 is 10.0 Å². The molecule has 0 aliphatic heterocycles. The predicted octanol–water partition coefficient (Wildman–Crippen LogP) is 3.58. The van der Waals surface area contributed by atoms with Crippen LogP contribution in [0.4, 0.5) is 0 Å². The predicted molar refractivity (Wildman–Crippen MR) is 111 cm³/mol. The zero-order chi connectivity index (χ0) is 19.6. The third kappa shape index (κ3) is 3.44. The van der Waals surface area contributed by atoms with E-state index in [9.17, 15) is 8.42 Å². The monoisotopic (exact) mass is 391 g/mol. The molecule has 0 spiro atoms. The molecule has 2 aromatic carbocycles. The minimum atomic E-state index is -3.73. The van der Waals surface area contributed by atoms with Crippen molar-refractivity contribution in [1.82, 2.24) is 14.3 Å². The Morgan fingerprint density at radius 3 is 2.54 bits per heavy atom. The molecule has 6 heteroatoms. The summed E-state index contributed by atoms with van der Waals surface area (Å²) >= 11 is 0. The molecular formula is C22H21N3O2S. The van der Waals surface area contributed by atoms with Crippen molar-refractivity contribution in [3.8, 4) is 0 Å². The Labute approximate surface area is 164 Å². The van der Waals surface area contributed by atoms with Gasteiger partial charge in [0.1, 0.15) is 4.90 Å². The lowest BCUT2D eigenvalue weighted by atomic mass is 10.0. The van der Waals surface area contributed by atoms with Crippen LogP contribution in [0.5, 0.6) is 0 Å². The summed E-state index contributed by atoms with van der Waals surface area (Å²) < 4.78 is 27.9. The zero-order valence-corrected chi connectivity index (χ0v) is 16.4. The van der Waals surface area contributed by atoms with E-state index in [0.717, 1.165) is 22.9 Å². The van der Waals surface area contributed by atoms with E-state index >= 15 is 0 Å². The number of rotatable bonds is 6. The van der Waals surface area contributed by atoms with Crippen molar-refractivity contribution < 1.29 is 8.42 Å². The van der Waals surface area contributed by atoms with Crippen LogP contribution in [0, 0.1) is 0 Å². The summed E-state index contributed by atoms with van der Waals surface area (Å²) in [6.45, 7) is 0.587. The Hall–Kier alpha value is -2.96. The van der Waals surface area contributed by atoms with Crippen LogP contribution < -0.4 is 5.32 Å². The van der Waals surface area contributed by atoms with Crippen LogP contribution in [-0.4, -0.2) is 24.4 Å². The number of benzene rings is 2. The van der Waals surface area contributed by atoms with Gasteiger partial charge in [0.25, 0.3) is 10.0 Å². The molecule has 0 unspecified atom stereocenters. The Kier molecular flexibility index (Phi) is 4.98. The van der Waals surface area contributed by atoms with E-state index in [1.54, 1.807) is 24.5 Å². The van der Waals surface area contributed by atoms with E-state index in [1.165, 1.54) is 15.7 Å². The molecule has 4 aromatic rings. The first-order valence-corrected chi connectivity index (χ1v) is 10.5. The topological polar surface area (TPSA) is 64.0 Å². The molecule has 1 N–H and O–H groups in total. The molecule has 0 saturated carbocycles. The molecule has 0 fully saturated rings. The summed E-state index contributed by atoms with van der Waals surface area (Å²) in [7, 11) is -1.88. The highest BCUT2D eigenvalue weighted by atomic mass is 32.2. The van der Waals surface area contributed by atoms with E-state index in [4.69, 9.17) is 0 Å². The van der Waals surface area contributed by atoms with Crippen molar-refractivity contribution in [3.05, 3.63) is 95.9 Å². The molecule has 0 atom stereocenters. The number of hydrogen-bond acceptors (Lipinski definition) is 4. The van der Waals surface area contributed by atoms with E-state index in [0.29, 0.717) is 12.1 Å². The Morgan fingerprint density at radius 1 is 1.00 bits per heavy atom. The van der Waals surface area contributed by atoms with Crippen LogP contribution in [0.25, 0.3) is 10.9 Å². The SMILES string of the molecule is CNCc1cn(S(=O)(=O)c2cccnc2)c2cc(Cc3ccccc3)ccc12. The summed E-state index contributed by atoms with van der Waals surface area (Å²) in [5.41, 5.74) is 3.87. The molecule has 4 rings (SSSR count). The van der Waals surface area contributed by atoms with Gasteiger partial charge in [-0.2, -0.15) is 0 Å². The van der Waals surface area contributed by atoms with Gasteiger partial charge in [-0.05, 0) is 48.4 Å². The third-order valence-corrected chi connectivity index (χ3v) is 6.39. The highest BCUT2D eigenvalue weighted by Gasteiger charge is 2.21. The van der Waals surface area contributed by atoms with Gasteiger partial charge < -0.3 is 5.32 Å². The second-order valence-corrected chi connectivity index (χ2v) is 8.50. The molecule has 0 saturated heterocycles. The van der Waals surface area contributed by atoms with Crippen LogP contribution in [0.2, 0.25) is 0 Å². The van der Waals surface area contributed by atoms with Gasteiger partial charge in [0.05, 0.1) is 5.52 Å². The molecule has 0 aliphatic rings. The first kappa shape index (κ1) is 18.4. The maximum Gasteiger partial charge on any atom is 0.269 e. The van der Waals surface area contributed by atoms with E-state index in [2.05, 4.69) is 28.5 Å². The fourth-order valence-electron chi connectivity index (χ4n) is 3.40. The lowest BCUT2D eigenvalue weighted by Crippen LogP contribution is -2.12. The summed E-state index contributed by atoms with van der Waals surface area (Å²) in [6, 6.07) is 19.4. The Balaban J connectivity index is 1.86. The minimum Gasteiger partial charge on any atom is -0.316 e. The summed E-state index contributed by atoms with van der Waals surface area (Å²) in [6.07, 6.45) is 5.40. The Bertz CT molecular complexity index is 1200. The van der Waals surface area contributed by atoms with Crippen LogP contribution in [0.1, 0.15) is 16.7 Å². The molecule has 142 valence electrons. The maximum atomic E-state index is 13.2. The maximum absolute atomic E-state index is 13.2. The first-order chi connectivity index (χ1) is 13.6. The fourth-order valence-corrected chi connectivity index (χ4v) is 4.74. The smallest absolute Gasteiger partial charge is 0.269 e. The number of hydrogen-bond donors (Lipinski definition) is 1. The molecule has 2 heterocycles. The van der Waals surface area contributed by atoms with Crippen molar-refractivity contribution in [1.29, 1.82) is 0 Å². The molecule has 5 nitrogen and oxygen atoms in total. The third-order valence-electron chi connectivity index (χ3n) is 4.73. The number of pyridine rings is 1. The number of nitrogens with one attached hydrogen (secondary N) is 1. The number of fused-ring (bicyclic) bond motifs is 1. The molecule has 0 aliphatic carbocycles. The van der Waals surface area contributed by atoms with Crippen molar-refractivity contribution in [3.63, 3.8) is 0 Å². The first-order valence-electron chi connectivity index (χ1n) is 9.06. The second-order valence-electron chi connectivity index (χ2n) is 6.69. The van der Waals surface area contributed by atoms with Crippen molar-refractivity contribution in [2.75, 3.05) is 7.05 Å². The van der Waals surface area contributed by atoms with E-state index in [1.807, 2.05) is 37.4 Å². The lowest BCUT2D eigenvalue weighted by Gasteiger charge is -2.08. The van der Waals surface area contributed by atoms with Gasteiger partial charge in [-0.15, -0.1) is 0 Å². The molecule has 0 amide bonds. The molecule has 0 radical (unpaired) electrons. The van der Waals surface area contributed by atoms with Crippen LogP contribution in [0.3, 0.4) is 0 Å². The minimum absolute atomic E-state index is 0.177. The molecule has 2 aromatic heterocycles.